The highest BCUT2D eigenvalue weighted by Gasteiger charge is 2.29. The average Bonchev–Trinajstić information content (AvgIpc) is 2.67. The van der Waals surface area contributed by atoms with Crippen LogP contribution < -0.4 is 0 Å². The molecule has 106 valence electrons. The number of rotatable bonds is 2. The number of halogens is 2. The zero-order valence-electron chi connectivity index (χ0n) is 11.3. The van der Waals surface area contributed by atoms with Gasteiger partial charge in [-0.25, -0.2) is 9.48 Å². The summed E-state index contributed by atoms with van der Waals surface area (Å²) >= 11 is 6.76. The minimum absolute atomic E-state index is 0.0258. The minimum Gasteiger partial charge on any atom is -0.476 e. The standard InChI is InChI=1S/C14H14Br2N2O2/c1-14(2,3)12-10(16)11(13(19)20)17-18(12)9-6-4-8(15)5-7-9/h4-7H,1-3H3,(H,19,20). The van der Waals surface area contributed by atoms with E-state index in [4.69, 9.17) is 0 Å². The van der Waals surface area contributed by atoms with Crippen molar-refractivity contribution in [3.05, 3.63) is 44.6 Å². The lowest BCUT2D eigenvalue weighted by atomic mass is 9.91. The number of carboxylic acid groups (broad SMARTS) is 1. The lowest BCUT2D eigenvalue weighted by Crippen LogP contribution is -2.18. The molecule has 6 heteroatoms. The molecule has 2 aromatic rings. The third kappa shape index (κ3) is 2.81. The van der Waals surface area contributed by atoms with Gasteiger partial charge in [0, 0.05) is 9.89 Å². The van der Waals surface area contributed by atoms with Crippen LogP contribution in [0.3, 0.4) is 0 Å². The van der Waals surface area contributed by atoms with Crippen LogP contribution >= 0.6 is 31.9 Å². The van der Waals surface area contributed by atoms with E-state index in [1.165, 1.54) is 0 Å². The smallest absolute Gasteiger partial charge is 0.357 e. The summed E-state index contributed by atoms with van der Waals surface area (Å²) in [4.78, 5) is 11.3. The van der Waals surface area contributed by atoms with Crippen LogP contribution in [0.2, 0.25) is 0 Å². The molecule has 0 unspecified atom stereocenters. The van der Waals surface area contributed by atoms with E-state index in [0.717, 1.165) is 15.9 Å². The van der Waals surface area contributed by atoms with Gasteiger partial charge < -0.3 is 5.11 Å². The van der Waals surface area contributed by atoms with E-state index in [1.807, 2.05) is 45.0 Å². The SMILES string of the molecule is CC(C)(C)c1c(Br)c(C(=O)O)nn1-c1ccc(Br)cc1. The largest absolute Gasteiger partial charge is 0.476 e. The van der Waals surface area contributed by atoms with Crippen LogP contribution in [-0.4, -0.2) is 20.9 Å². The van der Waals surface area contributed by atoms with Gasteiger partial charge in [0.15, 0.2) is 5.69 Å². The number of nitrogens with zero attached hydrogens (tertiary/aromatic N) is 2. The molecule has 1 aromatic carbocycles. The third-order valence-corrected chi connectivity index (χ3v) is 4.09. The first-order chi connectivity index (χ1) is 9.21. The van der Waals surface area contributed by atoms with Gasteiger partial charge in [0.25, 0.3) is 0 Å². The number of carboxylic acids is 1. The minimum atomic E-state index is -1.04. The van der Waals surface area contributed by atoms with Gasteiger partial charge in [0.05, 0.1) is 15.9 Å². The van der Waals surface area contributed by atoms with Gasteiger partial charge in [-0.3, -0.25) is 0 Å². The molecule has 0 aliphatic heterocycles. The highest BCUT2D eigenvalue weighted by molar-refractivity contribution is 9.10. The second-order valence-corrected chi connectivity index (χ2v) is 7.16. The van der Waals surface area contributed by atoms with Gasteiger partial charge in [-0.05, 0) is 40.2 Å². The Hall–Kier alpha value is -1.14. The summed E-state index contributed by atoms with van der Waals surface area (Å²) in [5, 5.41) is 13.5. The molecule has 0 aliphatic carbocycles. The normalized spacial score (nSPS) is 11.7. The van der Waals surface area contributed by atoms with Crippen molar-refractivity contribution in [3.63, 3.8) is 0 Å². The highest BCUT2D eigenvalue weighted by atomic mass is 79.9. The molecule has 0 saturated heterocycles. The lowest BCUT2D eigenvalue weighted by molar-refractivity contribution is 0.0689. The van der Waals surface area contributed by atoms with Crippen molar-refractivity contribution in [1.82, 2.24) is 9.78 Å². The summed E-state index contributed by atoms with van der Waals surface area (Å²) in [7, 11) is 0. The van der Waals surface area contributed by atoms with E-state index >= 15 is 0 Å². The van der Waals surface area contributed by atoms with Crippen molar-refractivity contribution in [2.24, 2.45) is 0 Å². The fourth-order valence-corrected chi connectivity index (χ4v) is 3.23. The van der Waals surface area contributed by atoms with E-state index < -0.39 is 5.97 Å². The van der Waals surface area contributed by atoms with Gasteiger partial charge in [0.2, 0.25) is 0 Å². The Kier molecular flexibility index (Phi) is 4.07. The van der Waals surface area contributed by atoms with Crippen molar-refractivity contribution in [3.8, 4) is 5.69 Å². The summed E-state index contributed by atoms with van der Waals surface area (Å²) < 4.78 is 3.17. The molecule has 1 heterocycles. The molecule has 0 amide bonds. The van der Waals surface area contributed by atoms with E-state index in [2.05, 4.69) is 37.0 Å². The van der Waals surface area contributed by atoms with Gasteiger partial charge in [-0.2, -0.15) is 5.10 Å². The fraction of sp³-hybridized carbons (Fsp3) is 0.286. The Morgan fingerprint density at radius 2 is 1.75 bits per heavy atom. The molecule has 0 fully saturated rings. The maximum Gasteiger partial charge on any atom is 0.357 e. The molecule has 2 rings (SSSR count). The molecule has 0 radical (unpaired) electrons. The fourth-order valence-electron chi connectivity index (χ4n) is 1.95. The van der Waals surface area contributed by atoms with Crippen molar-refractivity contribution in [2.75, 3.05) is 0 Å². The second-order valence-electron chi connectivity index (χ2n) is 5.45. The topological polar surface area (TPSA) is 55.1 Å². The summed E-state index contributed by atoms with van der Waals surface area (Å²) in [5.74, 6) is -1.04. The number of hydrogen-bond donors (Lipinski definition) is 1. The number of aromatic nitrogens is 2. The Bertz CT molecular complexity index is 655. The lowest BCUT2D eigenvalue weighted by Gasteiger charge is -2.21. The monoisotopic (exact) mass is 400 g/mol. The average molecular weight is 402 g/mol. The van der Waals surface area contributed by atoms with Gasteiger partial charge in [0.1, 0.15) is 0 Å². The van der Waals surface area contributed by atoms with Crippen LogP contribution in [0.4, 0.5) is 0 Å². The second kappa shape index (κ2) is 5.33. The van der Waals surface area contributed by atoms with Gasteiger partial charge >= 0.3 is 5.97 Å². The molecule has 20 heavy (non-hydrogen) atoms. The van der Waals surface area contributed by atoms with Gasteiger partial charge in [-0.1, -0.05) is 36.7 Å². The molecule has 1 aromatic heterocycles. The van der Waals surface area contributed by atoms with E-state index in [0.29, 0.717) is 4.47 Å². The molecule has 0 bridgehead atoms. The molecular formula is C14H14Br2N2O2. The van der Waals surface area contributed by atoms with E-state index in [-0.39, 0.29) is 11.1 Å². The van der Waals surface area contributed by atoms with Crippen molar-refractivity contribution < 1.29 is 9.90 Å². The van der Waals surface area contributed by atoms with Crippen LogP contribution in [0, 0.1) is 0 Å². The zero-order valence-corrected chi connectivity index (χ0v) is 14.5. The first-order valence-electron chi connectivity index (χ1n) is 6.00. The predicted molar refractivity (Wildman–Crippen MR) is 84.6 cm³/mol. The third-order valence-electron chi connectivity index (χ3n) is 2.81. The molecular weight excluding hydrogens is 388 g/mol. The maximum atomic E-state index is 11.3. The quantitative estimate of drug-likeness (QED) is 0.811. The molecule has 0 atom stereocenters. The Morgan fingerprint density at radius 1 is 1.20 bits per heavy atom. The Morgan fingerprint density at radius 3 is 2.20 bits per heavy atom. The number of carbonyl (C=O) groups is 1. The van der Waals surface area contributed by atoms with Crippen molar-refractivity contribution in [1.29, 1.82) is 0 Å². The van der Waals surface area contributed by atoms with Crippen LogP contribution in [0.5, 0.6) is 0 Å². The summed E-state index contributed by atoms with van der Waals surface area (Å²) in [6.07, 6.45) is 0. The summed E-state index contributed by atoms with van der Waals surface area (Å²) in [6, 6.07) is 7.59. The maximum absolute atomic E-state index is 11.3. The first-order valence-corrected chi connectivity index (χ1v) is 7.58. The number of hydrogen-bond acceptors (Lipinski definition) is 2. The Labute approximate surface area is 134 Å². The summed E-state index contributed by atoms with van der Waals surface area (Å²) in [5.41, 5.74) is 1.44. The molecule has 0 aliphatic rings. The van der Waals surface area contributed by atoms with Crippen molar-refractivity contribution >= 4 is 37.8 Å². The molecule has 1 N–H and O–H groups in total. The molecule has 0 saturated carbocycles. The van der Waals surface area contributed by atoms with E-state index in [1.54, 1.807) is 4.68 Å². The Balaban J connectivity index is 2.72. The van der Waals surface area contributed by atoms with Crippen LogP contribution in [-0.2, 0) is 5.41 Å². The number of benzene rings is 1. The molecule has 0 spiro atoms. The number of aromatic carboxylic acids is 1. The van der Waals surface area contributed by atoms with E-state index in [9.17, 15) is 9.90 Å². The highest BCUT2D eigenvalue weighted by Crippen LogP contribution is 2.34. The summed E-state index contributed by atoms with van der Waals surface area (Å²) in [6.45, 7) is 6.07. The van der Waals surface area contributed by atoms with Crippen LogP contribution in [0.1, 0.15) is 37.0 Å². The molecule has 4 nitrogen and oxygen atoms in total. The zero-order chi connectivity index (χ0) is 15.1. The van der Waals surface area contributed by atoms with Crippen LogP contribution in [0.15, 0.2) is 33.2 Å². The van der Waals surface area contributed by atoms with Crippen molar-refractivity contribution in [2.45, 2.75) is 26.2 Å². The predicted octanol–water partition coefficient (Wildman–Crippen LogP) is 4.39. The van der Waals surface area contributed by atoms with Crippen LogP contribution in [0.25, 0.3) is 5.69 Å². The first kappa shape index (κ1) is 15.3. The van der Waals surface area contributed by atoms with Gasteiger partial charge in [-0.15, -0.1) is 0 Å².